The number of anilines is 1. The van der Waals surface area contributed by atoms with Crippen molar-refractivity contribution in [2.75, 3.05) is 19.4 Å². The second-order valence-corrected chi connectivity index (χ2v) is 9.12. The number of hydrogen-bond donors (Lipinski definition) is 2. The van der Waals surface area contributed by atoms with Gasteiger partial charge < -0.3 is 10.6 Å². The van der Waals surface area contributed by atoms with Gasteiger partial charge in [-0.2, -0.15) is 0 Å². The predicted molar refractivity (Wildman–Crippen MR) is 109 cm³/mol. The summed E-state index contributed by atoms with van der Waals surface area (Å²) in [6.45, 7) is 0. The van der Waals surface area contributed by atoms with Gasteiger partial charge in [-0.25, -0.2) is 12.7 Å². The van der Waals surface area contributed by atoms with E-state index >= 15 is 0 Å². The molecule has 1 aliphatic carbocycles. The molecule has 0 unspecified atom stereocenters. The first-order valence-electron chi connectivity index (χ1n) is 8.56. The van der Waals surface area contributed by atoms with E-state index in [1.54, 1.807) is 24.3 Å². The third-order valence-electron chi connectivity index (χ3n) is 4.55. The minimum atomic E-state index is -3.47. The molecule has 3 rings (SSSR count). The van der Waals surface area contributed by atoms with Gasteiger partial charge in [-0.1, -0.05) is 30.3 Å². The van der Waals surface area contributed by atoms with Crippen LogP contribution in [0.1, 0.15) is 30.0 Å². The lowest BCUT2D eigenvalue weighted by Gasteiger charge is -2.27. The Morgan fingerprint density at radius 2 is 1.92 bits per heavy atom. The Morgan fingerprint density at radius 1 is 1.15 bits per heavy atom. The molecular weight excluding hydrogens is 366 g/mol. The zero-order valence-corrected chi connectivity index (χ0v) is 16.5. The Morgan fingerprint density at radius 3 is 2.69 bits per heavy atom. The lowest BCUT2D eigenvalue weighted by atomic mass is 9.88. The molecule has 0 fully saturated rings. The summed E-state index contributed by atoms with van der Waals surface area (Å²) in [6.07, 6.45) is 3.24. The summed E-state index contributed by atoms with van der Waals surface area (Å²) in [5.41, 5.74) is 3.29. The van der Waals surface area contributed by atoms with Gasteiger partial charge >= 0.3 is 0 Å². The first-order valence-corrected chi connectivity index (χ1v) is 10.4. The molecule has 1 atom stereocenters. The van der Waals surface area contributed by atoms with Crippen molar-refractivity contribution in [3.63, 3.8) is 0 Å². The maximum absolute atomic E-state index is 12.3. The zero-order valence-electron chi connectivity index (χ0n) is 14.9. The van der Waals surface area contributed by atoms with Gasteiger partial charge in [0, 0.05) is 19.8 Å². The van der Waals surface area contributed by atoms with Crippen molar-refractivity contribution in [2.45, 2.75) is 30.2 Å². The highest BCUT2D eigenvalue weighted by molar-refractivity contribution is 7.89. The van der Waals surface area contributed by atoms with Gasteiger partial charge in [-0.15, -0.1) is 0 Å². The fourth-order valence-corrected chi connectivity index (χ4v) is 4.38. The third kappa shape index (κ3) is 4.06. The molecule has 2 aromatic rings. The second kappa shape index (κ2) is 7.73. The van der Waals surface area contributed by atoms with Gasteiger partial charge in [0.25, 0.3) is 0 Å². The largest absolute Gasteiger partial charge is 0.356 e. The van der Waals surface area contributed by atoms with E-state index in [0.29, 0.717) is 10.8 Å². The molecule has 0 saturated heterocycles. The quantitative estimate of drug-likeness (QED) is 0.786. The number of benzene rings is 2. The number of sulfonamides is 1. The fourth-order valence-electron chi connectivity index (χ4n) is 3.17. The van der Waals surface area contributed by atoms with Gasteiger partial charge in [0.05, 0.1) is 10.9 Å². The molecule has 0 amide bonds. The number of nitrogens with one attached hydrogen (secondary N) is 2. The minimum Gasteiger partial charge on any atom is -0.356 e. The van der Waals surface area contributed by atoms with Crippen LogP contribution >= 0.6 is 12.2 Å². The molecule has 2 N–H and O–H groups in total. The van der Waals surface area contributed by atoms with E-state index in [-0.39, 0.29) is 10.9 Å². The molecule has 1 aliphatic rings. The number of thiocarbonyl (C=S) groups is 1. The summed E-state index contributed by atoms with van der Waals surface area (Å²) in [4.78, 5) is 0.235. The number of aryl methyl sites for hydroxylation is 1. The summed E-state index contributed by atoms with van der Waals surface area (Å²) >= 11 is 5.45. The van der Waals surface area contributed by atoms with E-state index in [2.05, 4.69) is 28.8 Å². The molecule has 5 nitrogen and oxygen atoms in total. The van der Waals surface area contributed by atoms with Crippen molar-refractivity contribution in [3.05, 3.63) is 59.7 Å². The van der Waals surface area contributed by atoms with Gasteiger partial charge in [0.2, 0.25) is 10.0 Å². The van der Waals surface area contributed by atoms with Crippen LogP contribution in [0, 0.1) is 0 Å². The molecule has 138 valence electrons. The molecule has 7 heteroatoms. The van der Waals surface area contributed by atoms with Crippen LogP contribution in [0.3, 0.4) is 0 Å². The molecule has 26 heavy (non-hydrogen) atoms. The van der Waals surface area contributed by atoms with Crippen LogP contribution < -0.4 is 10.6 Å². The minimum absolute atomic E-state index is 0.175. The number of fused-ring (bicyclic) bond motifs is 1. The van der Waals surface area contributed by atoms with Crippen molar-refractivity contribution in [2.24, 2.45) is 0 Å². The van der Waals surface area contributed by atoms with Crippen molar-refractivity contribution >= 4 is 33.0 Å². The summed E-state index contributed by atoms with van der Waals surface area (Å²) in [5, 5.41) is 6.97. The van der Waals surface area contributed by atoms with E-state index in [4.69, 9.17) is 12.2 Å². The Hall–Kier alpha value is -1.96. The zero-order chi connectivity index (χ0) is 18.7. The number of hydrogen-bond acceptors (Lipinski definition) is 3. The highest BCUT2D eigenvalue weighted by Gasteiger charge is 2.21. The maximum Gasteiger partial charge on any atom is 0.242 e. The van der Waals surface area contributed by atoms with Crippen molar-refractivity contribution in [3.8, 4) is 0 Å². The van der Waals surface area contributed by atoms with Crippen molar-refractivity contribution in [1.82, 2.24) is 9.62 Å². The Balaban J connectivity index is 1.72. The molecule has 2 aromatic carbocycles. The monoisotopic (exact) mass is 389 g/mol. The van der Waals surface area contributed by atoms with Crippen molar-refractivity contribution in [1.29, 1.82) is 0 Å². The van der Waals surface area contributed by atoms with Crippen molar-refractivity contribution < 1.29 is 8.42 Å². The average Bonchev–Trinajstić information content (AvgIpc) is 2.62. The highest BCUT2D eigenvalue weighted by Crippen LogP contribution is 2.29. The van der Waals surface area contributed by atoms with Crippen LogP contribution in [0.4, 0.5) is 5.69 Å². The molecule has 0 heterocycles. The lowest BCUT2D eigenvalue weighted by molar-refractivity contribution is 0.520. The molecular formula is C19H23N3O2S2. The molecule has 0 aliphatic heterocycles. The summed E-state index contributed by atoms with van der Waals surface area (Å²) in [6, 6.07) is 15.3. The fraction of sp³-hybridized carbons (Fsp3) is 0.316. The van der Waals surface area contributed by atoms with E-state index in [1.165, 1.54) is 29.5 Å². The Bertz CT molecular complexity index is 911. The first-order chi connectivity index (χ1) is 12.4. The first kappa shape index (κ1) is 18.8. The van der Waals surface area contributed by atoms with E-state index in [9.17, 15) is 8.42 Å². The molecule has 0 spiro atoms. The predicted octanol–water partition coefficient (Wildman–Crippen LogP) is 3.30. The Labute approximate surface area is 160 Å². The van der Waals surface area contributed by atoms with E-state index in [0.717, 1.165) is 19.3 Å². The average molecular weight is 390 g/mol. The maximum atomic E-state index is 12.3. The smallest absolute Gasteiger partial charge is 0.242 e. The summed E-state index contributed by atoms with van der Waals surface area (Å²) < 4.78 is 25.7. The second-order valence-electron chi connectivity index (χ2n) is 6.56. The normalized spacial score (nSPS) is 16.8. The molecule has 0 bridgehead atoms. The SMILES string of the molecule is CN(C)S(=O)(=O)c1cccc(NC(=S)N[C@@H]2CCCc3ccccc32)c1. The van der Waals surface area contributed by atoms with Crippen LogP contribution in [-0.2, 0) is 16.4 Å². The third-order valence-corrected chi connectivity index (χ3v) is 6.58. The number of rotatable bonds is 4. The van der Waals surface area contributed by atoms with E-state index < -0.39 is 10.0 Å². The topological polar surface area (TPSA) is 61.4 Å². The summed E-state index contributed by atoms with van der Waals surface area (Å²) in [5.74, 6) is 0. The van der Waals surface area contributed by atoms with Gasteiger partial charge in [0.1, 0.15) is 0 Å². The van der Waals surface area contributed by atoms with Crippen LogP contribution in [0.5, 0.6) is 0 Å². The molecule has 0 aromatic heterocycles. The van der Waals surface area contributed by atoms with Crippen LogP contribution in [0.25, 0.3) is 0 Å². The number of nitrogens with zero attached hydrogens (tertiary/aromatic N) is 1. The van der Waals surface area contributed by atoms with Gasteiger partial charge in [-0.3, -0.25) is 0 Å². The van der Waals surface area contributed by atoms with Crippen LogP contribution in [-0.4, -0.2) is 31.9 Å². The lowest BCUT2D eigenvalue weighted by Crippen LogP contribution is -2.34. The Kier molecular flexibility index (Phi) is 5.60. The van der Waals surface area contributed by atoms with Crippen LogP contribution in [0.2, 0.25) is 0 Å². The summed E-state index contributed by atoms with van der Waals surface area (Å²) in [7, 11) is -0.441. The van der Waals surface area contributed by atoms with Gasteiger partial charge in [0.15, 0.2) is 5.11 Å². The standard InChI is InChI=1S/C19H23N3O2S2/c1-22(2)26(23,24)16-10-6-9-15(13-16)20-19(25)21-18-12-5-8-14-7-3-4-11-17(14)18/h3-4,6-7,9-11,13,18H,5,8,12H2,1-2H3,(H2,20,21,25)/t18-/m1/s1. The van der Waals surface area contributed by atoms with E-state index in [1.807, 2.05) is 6.07 Å². The molecule has 0 saturated carbocycles. The van der Waals surface area contributed by atoms with Crippen LogP contribution in [0.15, 0.2) is 53.4 Å². The highest BCUT2D eigenvalue weighted by atomic mass is 32.2. The van der Waals surface area contributed by atoms with Gasteiger partial charge in [-0.05, 0) is 60.8 Å². The molecule has 0 radical (unpaired) electrons.